The highest BCUT2D eigenvalue weighted by atomic mass is 16.3. The molecule has 0 saturated carbocycles. The van der Waals surface area contributed by atoms with Gasteiger partial charge in [0.15, 0.2) is 0 Å². The molecule has 1 atom stereocenters. The summed E-state index contributed by atoms with van der Waals surface area (Å²) in [4.78, 5) is 2.32. The molecule has 1 aliphatic rings. The Morgan fingerprint density at radius 3 is 2.70 bits per heavy atom. The van der Waals surface area contributed by atoms with E-state index in [1.807, 2.05) is 6.92 Å². The summed E-state index contributed by atoms with van der Waals surface area (Å²) in [6.45, 7) is 7.16. The van der Waals surface area contributed by atoms with Gasteiger partial charge in [0, 0.05) is 13.1 Å². The molecule has 1 saturated heterocycles. The molecule has 0 aliphatic carbocycles. The Kier molecular flexibility index (Phi) is 2.32. The van der Waals surface area contributed by atoms with Crippen LogP contribution in [0.1, 0.15) is 26.7 Å². The zero-order valence-corrected chi connectivity index (χ0v) is 6.93. The Morgan fingerprint density at radius 1 is 1.60 bits per heavy atom. The highest BCUT2D eigenvalue weighted by Gasteiger charge is 2.30. The van der Waals surface area contributed by atoms with Gasteiger partial charge in [-0.1, -0.05) is 6.92 Å². The van der Waals surface area contributed by atoms with E-state index in [2.05, 4.69) is 11.8 Å². The molecule has 0 spiro atoms. The van der Waals surface area contributed by atoms with Crippen LogP contribution in [0.5, 0.6) is 0 Å². The summed E-state index contributed by atoms with van der Waals surface area (Å²) in [5, 5.41) is 9.55. The van der Waals surface area contributed by atoms with Crippen LogP contribution in [0, 0.1) is 0 Å². The fourth-order valence-corrected chi connectivity index (χ4v) is 1.55. The summed E-state index contributed by atoms with van der Waals surface area (Å²) in [6.07, 6.45) is 2.13. The maximum atomic E-state index is 9.55. The first-order chi connectivity index (χ1) is 4.64. The fraction of sp³-hybridized carbons (Fsp3) is 1.00. The number of hydrogen-bond acceptors (Lipinski definition) is 2. The van der Waals surface area contributed by atoms with E-state index in [1.54, 1.807) is 0 Å². The summed E-state index contributed by atoms with van der Waals surface area (Å²) in [5.41, 5.74) is -0.408. The lowest BCUT2D eigenvalue weighted by atomic mass is 10.1. The van der Waals surface area contributed by atoms with E-state index in [4.69, 9.17) is 0 Å². The van der Waals surface area contributed by atoms with Gasteiger partial charge < -0.3 is 10.0 Å². The maximum absolute atomic E-state index is 9.55. The van der Waals surface area contributed by atoms with Crippen LogP contribution in [0.15, 0.2) is 0 Å². The third-order valence-corrected chi connectivity index (χ3v) is 2.07. The van der Waals surface area contributed by atoms with Crippen molar-refractivity contribution in [1.82, 2.24) is 4.90 Å². The first-order valence-corrected chi connectivity index (χ1v) is 4.09. The number of β-amino-alcohol motifs (C(OH)–C–C–N with tert-alkyl or cyclic N) is 1. The third kappa shape index (κ3) is 1.96. The Morgan fingerprint density at radius 2 is 2.30 bits per heavy atom. The molecule has 1 aliphatic heterocycles. The number of likely N-dealkylation sites (tertiary alicyclic amines) is 1. The standard InChI is InChI=1S/C8H17NO/c1-3-5-9-6-4-8(2,10)7-9/h10H,3-7H2,1-2H3/t8-/m0/s1. The number of aliphatic hydroxyl groups is 1. The minimum Gasteiger partial charge on any atom is -0.389 e. The Labute approximate surface area is 62.8 Å². The van der Waals surface area contributed by atoms with E-state index in [9.17, 15) is 5.11 Å². The fourth-order valence-electron chi connectivity index (χ4n) is 1.55. The SMILES string of the molecule is CCCN1CC[C@](C)(O)C1. The van der Waals surface area contributed by atoms with Crippen LogP contribution in [0.2, 0.25) is 0 Å². The second kappa shape index (κ2) is 2.89. The van der Waals surface area contributed by atoms with Crippen LogP contribution in [-0.4, -0.2) is 35.2 Å². The summed E-state index contributed by atoms with van der Waals surface area (Å²) < 4.78 is 0. The van der Waals surface area contributed by atoms with E-state index in [1.165, 1.54) is 6.42 Å². The van der Waals surface area contributed by atoms with Gasteiger partial charge in [0.1, 0.15) is 0 Å². The Hall–Kier alpha value is -0.0800. The van der Waals surface area contributed by atoms with Crippen molar-refractivity contribution in [3.05, 3.63) is 0 Å². The van der Waals surface area contributed by atoms with Crippen LogP contribution >= 0.6 is 0 Å². The van der Waals surface area contributed by atoms with Gasteiger partial charge in [-0.3, -0.25) is 0 Å². The lowest BCUT2D eigenvalue weighted by molar-refractivity contribution is 0.0688. The zero-order valence-electron chi connectivity index (χ0n) is 6.93. The molecule has 0 aromatic carbocycles. The average Bonchev–Trinajstić information content (AvgIpc) is 2.12. The minimum atomic E-state index is -0.408. The highest BCUT2D eigenvalue weighted by molar-refractivity contribution is 4.85. The van der Waals surface area contributed by atoms with Crippen LogP contribution in [0.3, 0.4) is 0 Å². The third-order valence-electron chi connectivity index (χ3n) is 2.07. The van der Waals surface area contributed by atoms with Crippen LogP contribution in [-0.2, 0) is 0 Å². The molecule has 0 amide bonds. The topological polar surface area (TPSA) is 23.5 Å². The summed E-state index contributed by atoms with van der Waals surface area (Å²) in [6, 6.07) is 0. The maximum Gasteiger partial charge on any atom is 0.0758 e. The van der Waals surface area contributed by atoms with Gasteiger partial charge in [-0.25, -0.2) is 0 Å². The van der Waals surface area contributed by atoms with Crippen molar-refractivity contribution in [2.45, 2.75) is 32.3 Å². The predicted molar refractivity (Wildman–Crippen MR) is 42.0 cm³/mol. The zero-order chi connectivity index (χ0) is 7.61. The molecule has 0 bridgehead atoms. The molecule has 1 fully saturated rings. The first-order valence-electron chi connectivity index (χ1n) is 4.09. The molecular weight excluding hydrogens is 126 g/mol. The lowest BCUT2D eigenvalue weighted by Crippen LogP contribution is -2.29. The second-order valence-corrected chi connectivity index (χ2v) is 3.52. The largest absolute Gasteiger partial charge is 0.389 e. The van der Waals surface area contributed by atoms with Crippen molar-refractivity contribution in [1.29, 1.82) is 0 Å². The van der Waals surface area contributed by atoms with Gasteiger partial charge in [-0.05, 0) is 26.3 Å². The predicted octanol–water partition coefficient (Wildman–Crippen LogP) is 0.853. The van der Waals surface area contributed by atoms with Gasteiger partial charge >= 0.3 is 0 Å². The van der Waals surface area contributed by atoms with Crippen molar-refractivity contribution < 1.29 is 5.11 Å². The highest BCUT2D eigenvalue weighted by Crippen LogP contribution is 2.19. The molecule has 1 heterocycles. The van der Waals surface area contributed by atoms with Crippen molar-refractivity contribution in [2.75, 3.05) is 19.6 Å². The monoisotopic (exact) mass is 143 g/mol. The lowest BCUT2D eigenvalue weighted by Gasteiger charge is -2.17. The van der Waals surface area contributed by atoms with Crippen molar-refractivity contribution in [2.24, 2.45) is 0 Å². The van der Waals surface area contributed by atoms with Gasteiger partial charge in [-0.2, -0.15) is 0 Å². The van der Waals surface area contributed by atoms with E-state index in [-0.39, 0.29) is 0 Å². The number of hydrogen-bond donors (Lipinski definition) is 1. The molecule has 10 heavy (non-hydrogen) atoms. The number of nitrogens with zero attached hydrogens (tertiary/aromatic N) is 1. The van der Waals surface area contributed by atoms with Crippen molar-refractivity contribution in [3.63, 3.8) is 0 Å². The van der Waals surface area contributed by atoms with Crippen molar-refractivity contribution >= 4 is 0 Å². The Balaban J connectivity index is 2.29. The second-order valence-electron chi connectivity index (χ2n) is 3.52. The quantitative estimate of drug-likeness (QED) is 0.619. The average molecular weight is 143 g/mol. The van der Waals surface area contributed by atoms with Gasteiger partial charge in [0.25, 0.3) is 0 Å². The molecule has 0 aromatic heterocycles. The number of rotatable bonds is 2. The molecule has 2 nitrogen and oxygen atoms in total. The van der Waals surface area contributed by atoms with Crippen LogP contribution in [0.25, 0.3) is 0 Å². The van der Waals surface area contributed by atoms with E-state index in [0.29, 0.717) is 0 Å². The van der Waals surface area contributed by atoms with Gasteiger partial charge in [-0.15, -0.1) is 0 Å². The molecule has 0 aromatic rings. The normalized spacial score (nSPS) is 35.1. The van der Waals surface area contributed by atoms with E-state index in [0.717, 1.165) is 26.1 Å². The molecule has 0 radical (unpaired) electrons. The molecule has 60 valence electrons. The van der Waals surface area contributed by atoms with Gasteiger partial charge in [0.05, 0.1) is 5.60 Å². The summed E-state index contributed by atoms with van der Waals surface area (Å²) >= 11 is 0. The molecule has 1 N–H and O–H groups in total. The molecule has 0 unspecified atom stereocenters. The molecule has 1 rings (SSSR count). The van der Waals surface area contributed by atoms with E-state index < -0.39 is 5.60 Å². The summed E-state index contributed by atoms with van der Waals surface area (Å²) in [5.74, 6) is 0. The van der Waals surface area contributed by atoms with Gasteiger partial charge in [0.2, 0.25) is 0 Å². The van der Waals surface area contributed by atoms with E-state index >= 15 is 0 Å². The molecule has 2 heteroatoms. The minimum absolute atomic E-state index is 0.408. The molecular formula is C8H17NO. The Bertz CT molecular complexity index is 112. The summed E-state index contributed by atoms with van der Waals surface area (Å²) in [7, 11) is 0. The van der Waals surface area contributed by atoms with Crippen molar-refractivity contribution in [3.8, 4) is 0 Å². The van der Waals surface area contributed by atoms with Crippen LogP contribution in [0.4, 0.5) is 0 Å². The first kappa shape index (κ1) is 8.02. The van der Waals surface area contributed by atoms with Crippen LogP contribution < -0.4 is 0 Å². The smallest absolute Gasteiger partial charge is 0.0758 e.